The highest BCUT2D eigenvalue weighted by atomic mass is 16.6. The summed E-state index contributed by atoms with van der Waals surface area (Å²) in [7, 11) is 0. The molecule has 0 saturated heterocycles. The molecule has 2 rings (SSSR count). The molecule has 0 N–H and O–H groups in total. The molecule has 0 amide bonds. The summed E-state index contributed by atoms with van der Waals surface area (Å²) in [5.74, 6) is 0. The first-order valence-corrected chi connectivity index (χ1v) is 6.15. The molecule has 0 bridgehead atoms. The maximum atomic E-state index is 11.2. The summed E-state index contributed by atoms with van der Waals surface area (Å²) < 4.78 is 1.77. The summed E-state index contributed by atoms with van der Waals surface area (Å²) >= 11 is 0. The van der Waals surface area contributed by atoms with Gasteiger partial charge in [-0.3, -0.25) is 14.8 Å². The highest BCUT2D eigenvalue weighted by Crippen LogP contribution is 2.18. The minimum atomic E-state index is -0.362. The average molecular weight is 257 g/mol. The molecule has 5 nitrogen and oxygen atoms in total. The van der Waals surface area contributed by atoms with Crippen LogP contribution in [0.25, 0.3) is 11.8 Å². The molecule has 0 aliphatic carbocycles. The molecule has 0 spiro atoms. The molecule has 0 aliphatic rings. The SMILES string of the molecule is CCCn1nccc1/C=C(\c1ccccc1)[N+](=O)[O-]. The largest absolute Gasteiger partial charge is 0.278 e. The van der Waals surface area contributed by atoms with Gasteiger partial charge in [0.2, 0.25) is 0 Å². The van der Waals surface area contributed by atoms with Crippen molar-refractivity contribution in [3.05, 3.63) is 64.0 Å². The minimum Gasteiger partial charge on any atom is -0.265 e. The normalized spacial score (nSPS) is 11.5. The van der Waals surface area contributed by atoms with Gasteiger partial charge < -0.3 is 0 Å². The Labute approximate surface area is 111 Å². The Morgan fingerprint density at radius 2 is 2.11 bits per heavy atom. The lowest BCUT2D eigenvalue weighted by molar-refractivity contribution is -0.374. The lowest BCUT2D eigenvalue weighted by Gasteiger charge is -2.03. The Morgan fingerprint density at radius 1 is 1.37 bits per heavy atom. The van der Waals surface area contributed by atoms with Gasteiger partial charge in [-0.25, -0.2) is 0 Å². The first kappa shape index (κ1) is 13.0. The zero-order chi connectivity index (χ0) is 13.7. The number of benzene rings is 1. The summed E-state index contributed by atoms with van der Waals surface area (Å²) in [5, 5.41) is 15.4. The van der Waals surface area contributed by atoms with Gasteiger partial charge in [0, 0.05) is 18.8 Å². The van der Waals surface area contributed by atoms with Gasteiger partial charge in [-0.1, -0.05) is 25.1 Å². The van der Waals surface area contributed by atoms with E-state index in [1.807, 2.05) is 13.0 Å². The molecule has 0 fully saturated rings. The van der Waals surface area contributed by atoms with Gasteiger partial charge in [0.05, 0.1) is 16.2 Å². The van der Waals surface area contributed by atoms with Gasteiger partial charge >= 0.3 is 0 Å². The fourth-order valence-electron chi connectivity index (χ4n) is 1.85. The lowest BCUT2D eigenvalue weighted by atomic mass is 10.1. The molecule has 1 aromatic heterocycles. The maximum absolute atomic E-state index is 11.2. The van der Waals surface area contributed by atoms with E-state index in [4.69, 9.17) is 0 Å². The molecule has 5 heteroatoms. The second-order valence-electron chi connectivity index (χ2n) is 4.13. The van der Waals surface area contributed by atoms with Crippen LogP contribution >= 0.6 is 0 Å². The van der Waals surface area contributed by atoms with Gasteiger partial charge in [0.15, 0.2) is 0 Å². The van der Waals surface area contributed by atoms with E-state index in [2.05, 4.69) is 5.10 Å². The molecule has 98 valence electrons. The summed E-state index contributed by atoms with van der Waals surface area (Å²) in [6, 6.07) is 10.7. The number of nitrogens with zero attached hydrogens (tertiary/aromatic N) is 3. The maximum Gasteiger partial charge on any atom is 0.278 e. The molecule has 1 aromatic carbocycles. The Balaban J connectivity index is 2.42. The topological polar surface area (TPSA) is 61.0 Å². The van der Waals surface area contributed by atoms with Crippen LogP contribution in [0.1, 0.15) is 24.6 Å². The predicted octanol–water partition coefficient (Wildman–Crippen LogP) is 3.07. The number of hydrogen-bond donors (Lipinski definition) is 0. The van der Waals surface area contributed by atoms with Crippen LogP contribution in [0.2, 0.25) is 0 Å². The van der Waals surface area contributed by atoms with Crippen molar-refractivity contribution >= 4 is 11.8 Å². The van der Waals surface area contributed by atoms with Crippen LogP contribution in [0.3, 0.4) is 0 Å². The monoisotopic (exact) mass is 257 g/mol. The highest BCUT2D eigenvalue weighted by molar-refractivity contribution is 5.75. The minimum absolute atomic E-state index is 0.0819. The third-order valence-electron chi connectivity index (χ3n) is 2.74. The number of rotatable bonds is 5. The summed E-state index contributed by atoms with van der Waals surface area (Å²) in [6.45, 7) is 2.79. The van der Waals surface area contributed by atoms with Gasteiger partial charge in [-0.2, -0.15) is 5.10 Å². The zero-order valence-corrected chi connectivity index (χ0v) is 10.7. The molecule has 0 radical (unpaired) electrons. The molecule has 2 aromatic rings. The van der Waals surface area contributed by atoms with Gasteiger partial charge in [-0.05, 0) is 24.6 Å². The number of aryl methyl sites for hydroxylation is 1. The van der Waals surface area contributed by atoms with Crippen LogP contribution in [0, 0.1) is 10.1 Å². The fourth-order valence-corrected chi connectivity index (χ4v) is 1.85. The van der Waals surface area contributed by atoms with Gasteiger partial charge in [0.25, 0.3) is 5.70 Å². The smallest absolute Gasteiger partial charge is 0.265 e. The summed E-state index contributed by atoms with van der Waals surface area (Å²) in [4.78, 5) is 10.8. The van der Waals surface area contributed by atoms with Crippen LogP contribution in [0.15, 0.2) is 42.6 Å². The molecule has 0 aliphatic heterocycles. The van der Waals surface area contributed by atoms with Crippen molar-refractivity contribution in [1.29, 1.82) is 0 Å². The van der Waals surface area contributed by atoms with E-state index in [1.165, 1.54) is 0 Å². The van der Waals surface area contributed by atoms with Crippen molar-refractivity contribution in [3.63, 3.8) is 0 Å². The third kappa shape index (κ3) is 3.07. The van der Waals surface area contributed by atoms with E-state index in [9.17, 15) is 10.1 Å². The number of nitro groups is 1. The number of hydrogen-bond acceptors (Lipinski definition) is 3. The van der Waals surface area contributed by atoms with Crippen molar-refractivity contribution < 1.29 is 4.92 Å². The van der Waals surface area contributed by atoms with Crippen molar-refractivity contribution in [1.82, 2.24) is 9.78 Å². The first-order valence-electron chi connectivity index (χ1n) is 6.15. The molecular weight excluding hydrogens is 242 g/mol. The van der Waals surface area contributed by atoms with Crippen LogP contribution in [0.5, 0.6) is 0 Å². The van der Waals surface area contributed by atoms with Crippen LogP contribution < -0.4 is 0 Å². The molecule has 19 heavy (non-hydrogen) atoms. The van der Waals surface area contributed by atoms with Gasteiger partial charge in [0.1, 0.15) is 0 Å². The van der Waals surface area contributed by atoms with Gasteiger partial charge in [-0.15, -0.1) is 0 Å². The second-order valence-corrected chi connectivity index (χ2v) is 4.13. The Hall–Kier alpha value is -2.43. The van der Waals surface area contributed by atoms with E-state index in [0.29, 0.717) is 5.56 Å². The van der Waals surface area contributed by atoms with Crippen molar-refractivity contribution in [2.75, 3.05) is 0 Å². The van der Waals surface area contributed by atoms with Crippen molar-refractivity contribution in [2.24, 2.45) is 0 Å². The Morgan fingerprint density at radius 3 is 2.74 bits per heavy atom. The zero-order valence-electron chi connectivity index (χ0n) is 10.7. The highest BCUT2D eigenvalue weighted by Gasteiger charge is 2.14. The van der Waals surface area contributed by atoms with Crippen molar-refractivity contribution in [2.45, 2.75) is 19.9 Å². The lowest BCUT2D eigenvalue weighted by Crippen LogP contribution is -2.03. The van der Waals surface area contributed by atoms with Crippen LogP contribution in [-0.2, 0) is 6.54 Å². The Kier molecular flexibility index (Phi) is 4.07. The third-order valence-corrected chi connectivity index (χ3v) is 2.74. The Bertz CT molecular complexity index is 588. The number of aromatic nitrogens is 2. The average Bonchev–Trinajstić information content (AvgIpc) is 2.84. The quantitative estimate of drug-likeness (QED) is 0.611. The van der Waals surface area contributed by atoms with Crippen LogP contribution in [0.4, 0.5) is 0 Å². The van der Waals surface area contributed by atoms with E-state index in [-0.39, 0.29) is 10.6 Å². The van der Waals surface area contributed by atoms with E-state index in [1.54, 1.807) is 47.3 Å². The van der Waals surface area contributed by atoms with Crippen LogP contribution in [-0.4, -0.2) is 14.7 Å². The second kappa shape index (κ2) is 5.95. The van der Waals surface area contributed by atoms with E-state index >= 15 is 0 Å². The van der Waals surface area contributed by atoms with E-state index in [0.717, 1.165) is 18.7 Å². The molecule has 0 unspecified atom stereocenters. The molecule has 0 saturated carbocycles. The molecular formula is C14H15N3O2. The molecule has 0 atom stereocenters. The van der Waals surface area contributed by atoms with E-state index < -0.39 is 0 Å². The summed E-state index contributed by atoms with van der Waals surface area (Å²) in [5.41, 5.74) is 1.42. The standard InChI is InChI=1S/C14H15N3O2/c1-2-10-16-13(8-9-15-16)11-14(17(18)19)12-6-4-3-5-7-12/h3-9,11H,2,10H2,1H3/b14-11+. The summed E-state index contributed by atoms with van der Waals surface area (Å²) in [6.07, 6.45) is 4.16. The predicted molar refractivity (Wildman–Crippen MR) is 73.8 cm³/mol. The fraction of sp³-hybridized carbons (Fsp3) is 0.214. The molecule has 1 heterocycles. The van der Waals surface area contributed by atoms with Crippen molar-refractivity contribution in [3.8, 4) is 0 Å². The first-order chi connectivity index (χ1) is 9.22.